The number of benzene rings is 2. The Balaban J connectivity index is 1.82. The predicted molar refractivity (Wildman–Crippen MR) is 104 cm³/mol. The Bertz CT molecular complexity index is 1110. The molecule has 0 aliphatic heterocycles. The molecule has 26 heavy (non-hydrogen) atoms. The lowest BCUT2D eigenvalue weighted by molar-refractivity contribution is 0.0994. The first-order valence-electron chi connectivity index (χ1n) is 8.35. The summed E-state index contributed by atoms with van der Waals surface area (Å²) in [6.07, 6.45) is 0.240. The number of hydrogen-bond donors (Lipinski definition) is 0. The summed E-state index contributed by atoms with van der Waals surface area (Å²) in [4.78, 5) is 17.7. The Morgan fingerprint density at radius 1 is 1.04 bits per heavy atom. The molecule has 0 atom stereocenters. The molecule has 128 valence electrons. The fourth-order valence-corrected chi connectivity index (χ4v) is 3.22. The van der Waals surface area contributed by atoms with E-state index in [1.807, 2.05) is 61.5 Å². The number of Topliss-reactive ketones (excluding diaryl/α,β-unsaturated/α-hetero) is 1. The Morgan fingerprint density at radius 2 is 1.81 bits per heavy atom. The number of nitrogens with zero attached hydrogens (tertiary/aromatic N) is 1. The van der Waals surface area contributed by atoms with Crippen molar-refractivity contribution in [3.8, 4) is 11.5 Å². The van der Waals surface area contributed by atoms with Gasteiger partial charge in [-0.3, -0.25) is 4.79 Å². The number of para-hydroxylation sites is 1. The molecular formula is C22H16ClNO2. The number of carbonyl (C=O) groups excluding carboxylic acids is 1. The first-order chi connectivity index (χ1) is 12.6. The summed E-state index contributed by atoms with van der Waals surface area (Å²) in [5.74, 6) is 1.46. The molecule has 0 saturated heterocycles. The number of aromatic nitrogens is 1. The van der Waals surface area contributed by atoms with E-state index in [0.717, 1.165) is 22.2 Å². The molecule has 0 bridgehead atoms. The van der Waals surface area contributed by atoms with Gasteiger partial charge in [-0.05, 0) is 42.8 Å². The molecule has 4 rings (SSSR count). The summed E-state index contributed by atoms with van der Waals surface area (Å²) in [5.41, 5.74) is 2.86. The number of fused-ring (bicyclic) bond motifs is 1. The van der Waals surface area contributed by atoms with Crippen LogP contribution in [0.4, 0.5) is 0 Å². The Hall–Kier alpha value is -2.91. The van der Waals surface area contributed by atoms with Crippen molar-refractivity contribution >= 4 is 28.3 Å². The third-order valence-corrected chi connectivity index (χ3v) is 4.69. The van der Waals surface area contributed by atoms with Crippen LogP contribution in [0.5, 0.6) is 0 Å². The number of halogens is 1. The first-order valence-corrected chi connectivity index (χ1v) is 8.73. The minimum Gasteiger partial charge on any atom is -0.460 e. The van der Waals surface area contributed by atoms with Gasteiger partial charge in [0.05, 0.1) is 5.52 Å². The van der Waals surface area contributed by atoms with Gasteiger partial charge in [-0.25, -0.2) is 4.98 Å². The molecule has 4 heteroatoms. The Kier molecular flexibility index (Phi) is 4.31. The van der Waals surface area contributed by atoms with Crippen LogP contribution in [0, 0.1) is 6.92 Å². The molecule has 2 heterocycles. The second kappa shape index (κ2) is 6.77. The molecule has 3 nitrogen and oxygen atoms in total. The third kappa shape index (κ3) is 3.14. The highest BCUT2D eigenvalue weighted by atomic mass is 35.5. The molecule has 0 amide bonds. The number of hydrogen-bond acceptors (Lipinski definition) is 3. The number of furan rings is 1. The number of aryl methyl sites for hydroxylation is 1. The number of rotatable bonds is 4. The van der Waals surface area contributed by atoms with Crippen LogP contribution in [-0.4, -0.2) is 10.8 Å². The van der Waals surface area contributed by atoms with Crippen LogP contribution >= 0.6 is 11.6 Å². The zero-order valence-electron chi connectivity index (χ0n) is 14.2. The van der Waals surface area contributed by atoms with E-state index in [2.05, 4.69) is 4.98 Å². The maximum absolute atomic E-state index is 13.1. The van der Waals surface area contributed by atoms with Crippen molar-refractivity contribution in [3.05, 3.63) is 88.6 Å². The second-order valence-electron chi connectivity index (χ2n) is 6.17. The topological polar surface area (TPSA) is 43.1 Å². The molecule has 0 spiro atoms. The summed E-state index contributed by atoms with van der Waals surface area (Å²) in [6.45, 7) is 1.88. The van der Waals surface area contributed by atoms with Gasteiger partial charge in [0, 0.05) is 22.4 Å². The van der Waals surface area contributed by atoms with Crippen LogP contribution in [0.2, 0.25) is 5.02 Å². The average molecular weight is 362 g/mol. The van der Waals surface area contributed by atoms with Crippen molar-refractivity contribution < 1.29 is 9.21 Å². The van der Waals surface area contributed by atoms with Gasteiger partial charge in [-0.15, -0.1) is 0 Å². The van der Waals surface area contributed by atoms with E-state index < -0.39 is 0 Å². The molecule has 0 fully saturated rings. The molecule has 0 saturated carbocycles. The maximum atomic E-state index is 13.1. The highest BCUT2D eigenvalue weighted by Gasteiger charge is 2.16. The van der Waals surface area contributed by atoms with Gasteiger partial charge >= 0.3 is 0 Å². The lowest BCUT2D eigenvalue weighted by Crippen LogP contribution is -2.06. The quantitative estimate of drug-likeness (QED) is 0.426. The zero-order valence-corrected chi connectivity index (χ0v) is 15.0. The van der Waals surface area contributed by atoms with E-state index >= 15 is 0 Å². The van der Waals surface area contributed by atoms with Crippen molar-refractivity contribution in [2.75, 3.05) is 0 Å². The minimum atomic E-state index is 0.00114. The predicted octanol–water partition coefficient (Wildman–Crippen LogP) is 5.88. The van der Waals surface area contributed by atoms with Gasteiger partial charge in [-0.2, -0.15) is 0 Å². The Labute approximate surface area is 156 Å². The van der Waals surface area contributed by atoms with Crippen molar-refractivity contribution in [1.82, 2.24) is 4.98 Å². The van der Waals surface area contributed by atoms with Gasteiger partial charge < -0.3 is 4.42 Å². The van der Waals surface area contributed by atoms with Gasteiger partial charge in [0.2, 0.25) is 0 Å². The standard InChI is InChI=1S/C22H16ClNO2/c1-14-10-11-22(26-14)20-13-17(16-7-3-5-9-19(16)24-20)21(25)12-15-6-2-4-8-18(15)23/h2-11,13H,12H2,1H3. The summed E-state index contributed by atoms with van der Waals surface area (Å²) >= 11 is 6.22. The van der Waals surface area contributed by atoms with E-state index in [1.165, 1.54) is 0 Å². The lowest BCUT2D eigenvalue weighted by atomic mass is 9.98. The second-order valence-corrected chi connectivity index (χ2v) is 6.58. The normalized spacial score (nSPS) is 11.0. The summed E-state index contributed by atoms with van der Waals surface area (Å²) in [6, 6.07) is 20.6. The van der Waals surface area contributed by atoms with E-state index in [1.54, 1.807) is 12.1 Å². The highest BCUT2D eigenvalue weighted by Crippen LogP contribution is 2.27. The minimum absolute atomic E-state index is 0.00114. The van der Waals surface area contributed by atoms with Crippen molar-refractivity contribution in [2.45, 2.75) is 13.3 Å². The average Bonchev–Trinajstić information content (AvgIpc) is 3.09. The van der Waals surface area contributed by atoms with E-state index in [0.29, 0.717) is 22.0 Å². The molecule has 0 N–H and O–H groups in total. The molecular weight excluding hydrogens is 346 g/mol. The number of pyridine rings is 1. The van der Waals surface area contributed by atoms with Crippen LogP contribution in [0.15, 0.2) is 71.1 Å². The van der Waals surface area contributed by atoms with Crippen molar-refractivity contribution in [3.63, 3.8) is 0 Å². The van der Waals surface area contributed by atoms with Crippen LogP contribution in [-0.2, 0) is 6.42 Å². The smallest absolute Gasteiger partial charge is 0.168 e. The monoisotopic (exact) mass is 361 g/mol. The summed E-state index contributed by atoms with van der Waals surface area (Å²) in [7, 11) is 0. The highest BCUT2D eigenvalue weighted by molar-refractivity contribution is 6.31. The SMILES string of the molecule is Cc1ccc(-c2cc(C(=O)Cc3ccccc3Cl)c3ccccc3n2)o1. The van der Waals surface area contributed by atoms with E-state index in [9.17, 15) is 4.79 Å². The maximum Gasteiger partial charge on any atom is 0.168 e. The van der Waals surface area contributed by atoms with E-state index in [-0.39, 0.29) is 12.2 Å². The van der Waals surface area contributed by atoms with Gasteiger partial charge in [-0.1, -0.05) is 48.0 Å². The fourth-order valence-electron chi connectivity index (χ4n) is 3.01. The number of ketones is 1. The molecule has 0 aliphatic rings. The van der Waals surface area contributed by atoms with E-state index in [4.69, 9.17) is 16.0 Å². The van der Waals surface area contributed by atoms with Gasteiger partial charge in [0.25, 0.3) is 0 Å². The molecule has 4 aromatic rings. The summed E-state index contributed by atoms with van der Waals surface area (Å²) < 4.78 is 5.70. The lowest BCUT2D eigenvalue weighted by Gasteiger charge is -2.09. The molecule has 0 radical (unpaired) electrons. The molecule has 2 aromatic heterocycles. The van der Waals surface area contributed by atoms with Crippen LogP contribution < -0.4 is 0 Å². The Morgan fingerprint density at radius 3 is 2.58 bits per heavy atom. The van der Waals surface area contributed by atoms with Crippen molar-refractivity contribution in [2.24, 2.45) is 0 Å². The number of carbonyl (C=O) groups is 1. The summed E-state index contributed by atoms with van der Waals surface area (Å²) in [5, 5.41) is 1.43. The van der Waals surface area contributed by atoms with Gasteiger partial charge in [0.1, 0.15) is 11.5 Å². The van der Waals surface area contributed by atoms with Gasteiger partial charge in [0.15, 0.2) is 11.5 Å². The largest absolute Gasteiger partial charge is 0.460 e. The molecule has 0 aliphatic carbocycles. The van der Waals surface area contributed by atoms with Crippen LogP contribution in [0.3, 0.4) is 0 Å². The third-order valence-electron chi connectivity index (χ3n) is 4.32. The molecule has 2 aromatic carbocycles. The first kappa shape index (κ1) is 16.6. The van der Waals surface area contributed by atoms with Crippen LogP contribution in [0.1, 0.15) is 21.7 Å². The zero-order chi connectivity index (χ0) is 18.1. The van der Waals surface area contributed by atoms with Crippen molar-refractivity contribution in [1.29, 1.82) is 0 Å². The van der Waals surface area contributed by atoms with Crippen LogP contribution in [0.25, 0.3) is 22.4 Å². The molecule has 0 unspecified atom stereocenters. The fraction of sp³-hybridized carbons (Fsp3) is 0.0909.